The molecule has 2 N–H and O–H groups in total. The van der Waals surface area contributed by atoms with Crippen LogP contribution >= 0.6 is 0 Å². The lowest BCUT2D eigenvalue weighted by molar-refractivity contribution is -0.0132. The van der Waals surface area contributed by atoms with E-state index in [1.165, 1.54) is 12.1 Å². The molecule has 0 bridgehead atoms. The van der Waals surface area contributed by atoms with E-state index in [4.69, 9.17) is 4.74 Å². The minimum atomic E-state index is -0.585. The van der Waals surface area contributed by atoms with Gasteiger partial charge in [0.25, 0.3) is 0 Å². The molecule has 22 heavy (non-hydrogen) atoms. The van der Waals surface area contributed by atoms with Gasteiger partial charge in [-0.25, -0.2) is 4.39 Å². The first-order valence-corrected chi connectivity index (χ1v) is 7.37. The molecule has 0 saturated carbocycles. The van der Waals surface area contributed by atoms with Gasteiger partial charge in [-0.15, -0.1) is 0 Å². The highest BCUT2D eigenvalue weighted by molar-refractivity contribution is 5.30. The predicted molar refractivity (Wildman–Crippen MR) is 80.1 cm³/mol. The number of nitrogens with one attached hydrogen (secondary N) is 1. The van der Waals surface area contributed by atoms with Crippen molar-refractivity contribution in [1.82, 2.24) is 15.1 Å². The molecule has 0 aliphatic carbocycles. The lowest BCUT2D eigenvalue weighted by atomic mass is 10.0. The molecular formula is C16H20FN3O2. The summed E-state index contributed by atoms with van der Waals surface area (Å²) in [5.74, 6) is -0.901. The number of aromatic amines is 1. The number of benzene rings is 1. The molecule has 1 aliphatic heterocycles. The van der Waals surface area contributed by atoms with E-state index in [0.717, 1.165) is 29.1 Å². The number of H-pyrrole nitrogens is 1. The zero-order chi connectivity index (χ0) is 15.7. The number of hydrogen-bond acceptors (Lipinski definition) is 4. The van der Waals surface area contributed by atoms with E-state index in [9.17, 15) is 9.50 Å². The number of rotatable bonds is 3. The Hall–Kier alpha value is -1.92. The number of aryl methyl sites for hydroxylation is 2. The predicted octanol–water partition coefficient (Wildman–Crippen LogP) is 2.44. The summed E-state index contributed by atoms with van der Waals surface area (Å²) in [5, 5.41) is 16.6. The largest absolute Gasteiger partial charge is 0.505 e. The van der Waals surface area contributed by atoms with Crippen LogP contribution in [0.25, 0.3) is 0 Å². The van der Waals surface area contributed by atoms with Crippen molar-refractivity contribution in [2.45, 2.75) is 26.4 Å². The molecule has 2 heterocycles. The average molecular weight is 305 g/mol. The van der Waals surface area contributed by atoms with E-state index in [1.54, 1.807) is 6.07 Å². The first kappa shape index (κ1) is 15.0. The zero-order valence-electron chi connectivity index (χ0n) is 12.8. The third-order valence-corrected chi connectivity index (χ3v) is 4.16. The Bertz CT molecular complexity index is 652. The first-order valence-electron chi connectivity index (χ1n) is 7.37. The summed E-state index contributed by atoms with van der Waals surface area (Å²) >= 11 is 0. The number of ether oxygens (including phenoxy) is 1. The molecule has 0 spiro atoms. The highest BCUT2D eigenvalue weighted by Crippen LogP contribution is 2.30. The summed E-state index contributed by atoms with van der Waals surface area (Å²) in [6.07, 6.45) is 0. The van der Waals surface area contributed by atoms with Gasteiger partial charge < -0.3 is 9.84 Å². The van der Waals surface area contributed by atoms with Gasteiger partial charge in [-0.1, -0.05) is 6.07 Å². The Morgan fingerprint density at radius 1 is 1.45 bits per heavy atom. The van der Waals surface area contributed by atoms with Gasteiger partial charge in [0.2, 0.25) is 0 Å². The third kappa shape index (κ3) is 2.84. The molecule has 1 aromatic carbocycles. The second-order valence-electron chi connectivity index (χ2n) is 5.69. The van der Waals surface area contributed by atoms with Gasteiger partial charge in [0.1, 0.15) is 0 Å². The van der Waals surface area contributed by atoms with Crippen LogP contribution in [0.15, 0.2) is 18.2 Å². The Balaban J connectivity index is 1.85. The smallest absolute Gasteiger partial charge is 0.165 e. The van der Waals surface area contributed by atoms with Gasteiger partial charge in [0.05, 0.1) is 24.9 Å². The first-order chi connectivity index (χ1) is 10.6. The molecule has 2 aromatic rings. The quantitative estimate of drug-likeness (QED) is 0.914. The van der Waals surface area contributed by atoms with Crippen LogP contribution in [0.3, 0.4) is 0 Å². The Morgan fingerprint density at radius 3 is 2.95 bits per heavy atom. The molecule has 1 saturated heterocycles. The number of halogens is 1. The lowest BCUT2D eigenvalue weighted by Crippen LogP contribution is -2.39. The molecule has 118 valence electrons. The number of aromatic nitrogens is 2. The van der Waals surface area contributed by atoms with Crippen molar-refractivity contribution in [2.24, 2.45) is 0 Å². The van der Waals surface area contributed by atoms with Crippen molar-refractivity contribution in [2.75, 3.05) is 19.8 Å². The SMILES string of the molecule is Cc1n[nH]c(C)c1C1COCCN1Cc1ccc(O)c(F)c1. The van der Waals surface area contributed by atoms with E-state index in [2.05, 4.69) is 15.1 Å². The molecule has 1 aliphatic rings. The van der Waals surface area contributed by atoms with Gasteiger partial charge in [0, 0.05) is 24.3 Å². The summed E-state index contributed by atoms with van der Waals surface area (Å²) in [7, 11) is 0. The zero-order valence-corrected chi connectivity index (χ0v) is 12.8. The molecule has 1 fully saturated rings. The monoisotopic (exact) mass is 305 g/mol. The van der Waals surface area contributed by atoms with E-state index >= 15 is 0 Å². The Kier molecular flexibility index (Phi) is 4.13. The molecule has 0 amide bonds. The fourth-order valence-electron chi connectivity index (χ4n) is 3.03. The highest BCUT2D eigenvalue weighted by atomic mass is 19.1. The second kappa shape index (κ2) is 6.06. The number of phenolic OH excluding ortho intramolecular Hbond substituents is 1. The maximum atomic E-state index is 13.5. The van der Waals surface area contributed by atoms with E-state index in [-0.39, 0.29) is 11.8 Å². The molecule has 5 nitrogen and oxygen atoms in total. The van der Waals surface area contributed by atoms with Crippen molar-refractivity contribution >= 4 is 0 Å². The molecule has 6 heteroatoms. The molecular weight excluding hydrogens is 285 g/mol. The van der Waals surface area contributed by atoms with Crippen LogP contribution in [0.5, 0.6) is 5.75 Å². The van der Waals surface area contributed by atoms with Crippen molar-refractivity contribution in [1.29, 1.82) is 0 Å². The third-order valence-electron chi connectivity index (χ3n) is 4.16. The van der Waals surface area contributed by atoms with Crippen molar-refractivity contribution in [3.05, 3.63) is 46.5 Å². The maximum Gasteiger partial charge on any atom is 0.165 e. The summed E-state index contributed by atoms with van der Waals surface area (Å²) in [4.78, 5) is 2.26. The minimum Gasteiger partial charge on any atom is -0.505 e. The van der Waals surface area contributed by atoms with Gasteiger partial charge in [0.15, 0.2) is 11.6 Å². The second-order valence-corrected chi connectivity index (χ2v) is 5.69. The van der Waals surface area contributed by atoms with Crippen LogP contribution in [0, 0.1) is 19.7 Å². The fourth-order valence-corrected chi connectivity index (χ4v) is 3.03. The van der Waals surface area contributed by atoms with Gasteiger partial charge in [-0.05, 0) is 31.5 Å². The van der Waals surface area contributed by atoms with E-state index in [0.29, 0.717) is 19.8 Å². The number of hydrogen-bond donors (Lipinski definition) is 2. The van der Waals surface area contributed by atoms with Crippen molar-refractivity contribution in [3.8, 4) is 5.75 Å². The van der Waals surface area contributed by atoms with Crippen LogP contribution < -0.4 is 0 Å². The number of morpholine rings is 1. The van der Waals surface area contributed by atoms with Crippen LogP contribution in [0.4, 0.5) is 4.39 Å². The highest BCUT2D eigenvalue weighted by Gasteiger charge is 2.28. The van der Waals surface area contributed by atoms with Gasteiger partial charge >= 0.3 is 0 Å². The summed E-state index contributed by atoms with van der Waals surface area (Å²) in [6, 6.07) is 4.63. The molecule has 0 radical (unpaired) electrons. The van der Waals surface area contributed by atoms with Crippen LogP contribution in [0.1, 0.15) is 28.6 Å². The normalized spacial score (nSPS) is 19.5. The van der Waals surface area contributed by atoms with Gasteiger partial charge in [-0.2, -0.15) is 5.10 Å². The van der Waals surface area contributed by atoms with E-state index < -0.39 is 5.82 Å². The molecule has 3 rings (SSSR count). The van der Waals surface area contributed by atoms with Crippen LogP contribution in [-0.4, -0.2) is 40.0 Å². The Labute approximate surface area is 128 Å². The lowest BCUT2D eigenvalue weighted by Gasteiger charge is -2.36. The molecule has 1 unspecified atom stereocenters. The van der Waals surface area contributed by atoms with Crippen LogP contribution in [-0.2, 0) is 11.3 Å². The maximum absolute atomic E-state index is 13.5. The van der Waals surface area contributed by atoms with Crippen molar-refractivity contribution < 1.29 is 14.2 Å². The number of phenols is 1. The Morgan fingerprint density at radius 2 is 2.27 bits per heavy atom. The van der Waals surface area contributed by atoms with Crippen LogP contribution in [0.2, 0.25) is 0 Å². The summed E-state index contributed by atoms with van der Waals surface area (Å²) < 4.78 is 19.2. The standard InChI is InChI=1S/C16H20FN3O2/c1-10-16(11(2)19-18-10)14-9-22-6-5-20(14)8-12-3-4-15(21)13(17)7-12/h3-4,7,14,21H,5-6,8-9H2,1-2H3,(H,18,19). The topological polar surface area (TPSA) is 61.4 Å². The fraction of sp³-hybridized carbons (Fsp3) is 0.438. The number of aromatic hydroxyl groups is 1. The molecule has 1 aromatic heterocycles. The van der Waals surface area contributed by atoms with Gasteiger partial charge in [-0.3, -0.25) is 10.00 Å². The van der Waals surface area contributed by atoms with Crippen molar-refractivity contribution in [3.63, 3.8) is 0 Å². The average Bonchev–Trinajstić information content (AvgIpc) is 2.83. The minimum absolute atomic E-state index is 0.101. The number of nitrogens with zero attached hydrogens (tertiary/aromatic N) is 2. The summed E-state index contributed by atoms with van der Waals surface area (Å²) in [6.45, 7) is 6.62. The molecule has 1 atom stereocenters. The summed E-state index contributed by atoms with van der Waals surface area (Å²) in [5.41, 5.74) is 3.99. The van der Waals surface area contributed by atoms with E-state index in [1.807, 2.05) is 13.8 Å².